The lowest BCUT2D eigenvalue weighted by molar-refractivity contribution is -0.384. The van der Waals surface area contributed by atoms with Crippen molar-refractivity contribution in [3.05, 3.63) is 130 Å². The van der Waals surface area contributed by atoms with E-state index in [2.05, 4.69) is 20.8 Å². The van der Waals surface area contributed by atoms with Gasteiger partial charge in [-0.3, -0.25) is 30.1 Å². The van der Waals surface area contributed by atoms with Crippen LogP contribution in [-0.2, 0) is 32.0 Å². The van der Waals surface area contributed by atoms with Crippen LogP contribution in [0.25, 0.3) is 22.5 Å². The van der Waals surface area contributed by atoms with Crippen molar-refractivity contribution in [1.29, 1.82) is 0 Å². The van der Waals surface area contributed by atoms with Gasteiger partial charge >= 0.3 is 29.8 Å². The first-order valence-electron chi connectivity index (χ1n) is 20.9. The van der Waals surface area contributed by atoms with Crippen molar-refractivity contribution < 1.29 is 52.5 Å². The number of ether oxygens (including phenoxy) is 6. The average molecular weight is 935 g/mol. The van der Waals surface area contributed by atoms with E-state index in [-0.39, 0.29) is 34.7 Å². The molecule has 6 aromatic rings. The molecule has 4 N–H and O–H groups in total. The van der Waals surface area contributed by atoms with Crippen molar-refractivity contribution in [2.45, 2.75) is 65.8 Å². The summed E-state index contributed by atoms with van der Waals surface area (Å²) in [5.74, 6) is 0.252. The fourth-order valence-electron chi connectivity index (χ4n) is 6.54. The molecule has 2 amide bonds. The summed E-state index contributed by atoms with van der Waals surface area (Å²) in [6, 6.07) is 23.8. The van der Waals surface area contributed by atoms with Crippen molar-refractivity contribution in [2.75, 3.05) is 44.8 Å². The number of nitrogens with one attached hydrogen (secondary N) is 2. The Bertz CT molecular complexity index is 2770. The minimum absolute atomic E-state index is 0.0997. The third-order valence-corrected chi connectivity index (χ3v) is 9.53. The second kappa shape index (κ2) is 21.7. The third-order valence-electron chi connectivity index (χ3n) is 9.53. The minimum atomic E-state index is -0.766. The van der Waals surface area contributed by atoms with Gasteiger partial charge in [-0.05, 0) is 113 Å². The molecule has 0 bridgehead atoms. The highest BCUT2D eigenvalue weighted by molar-refractivity contribution is 5.99. The SMILES string of the molecule is COC(=O)c1ccc(NC(=O)OC(C)(C)C)c(-c2c(N)cnn2Cc2ccc(OC)cc2)c1.COC(=O)c1ccc(NC(=O)OC(C)(C)C)c(-c2c([N+](=O)[O-])cnn2Cc2ccc(OC)cc2)c1. The lowest BCUT2D eigenvalue weighted by atomic mass is 10.0. The zero-order valence-electron chi connectivity index (χ0n) is 39.4. The largest absolute Gasteiger partial charge is 0.497 e. The molecule has 0 radical (unpaired) electrons. The molecule has 2 heterocycles. The topological polar surface area (TPSA) is 253 Å². The zero-order valence-corrected chi connectivity index (χ0v) is 39.4. The minimum Gasteiger partial charge on any atom is -0.497 e. The van der Waals surface area contributed by atoms with E-state index in [1.165, 1.54) is 43.3 Å². The highest BCUT2D eigenvalue weighted by Crippen LogP contribution is 2.38. The van der Waals surface area contributed by atoms with E-state index in [1.807, 2.05) is 24.3 Å². The van der Waals surface area contributed by atoms with Crippen LogP contribution < -0.4 is 25.8 Å². The Hall–Kier alpha value is -8.42. The van der Waals surface area contributed by atoms with Gasteiger partial charge in [0.2, 0.25) is 0 Å². The molecular formula is C48H54N8O12. The molecule has 0 aliphatic rings. The Labute approximate surface area is 392 Å². The molecule has 0 aliphatic carbocycles. The van der Waals surface area contributed by atoms with Crippen molar-refractivity contribution in [2.24, 2.45) is 0 Å². The second-order valence-electron chi connectivity index (χ2n) is 16.9. The van der Waals surface area contributed by atoms with E-state index >= 15 is 0 Å². The fourth-order valence-corrected chi connectivity index (χ4v) is 6.54. The number of carbonyl (C=O) groups excluding carboxylic acids is 4. The maximum absolute atomic E-state index is 12.5. The number of hydrogen-bond acceptors (Lipinski definition) is 15. The standard InChI is InChI=1S/C24H26N4O7.C24H28N4O5/c1-24(2,3)35-23(30)26-19-11-8-16(22(29)34-5)12-18(19)21-20(28(31)32)13-25-27(21)14-15-6-9-17(33-4)10-7-15;1-24(2,3)33-23(30)27-20-11-8-16(22(29)32-5)12-18(20)21-19(25)13-26-28(21)14-15-6-9-17(31-4)10-7-15/h6-13H,14H2,1-5H3,(H,26,30);6-13H,14,25H2,1-5H3,(H,27,30). The number of esters is 2. The Balaban J connectivity index is 0.000000255. The number of nitrogens with two attached hydrogens (primary N) is 1. The first-order chi connectivity index (χ1) is 32.1. The summed E-state index contributed by atoms with van der Waals surface area (Å²) < 4.78 is 33.9. The highest BCUT2D eigenvalue weighted by Gasteiger charge is 2.28. The first-order valence-corrected chi connectivity index (χ1v) is 20.9. The van der Waals surface area contributed by atoms with Gasteiger partial charge in [-0.25, -0.2) is 19.2 Å². The van der Waals surface area contributed by atoms with Crippen LogP contribution in [0.2, 0.25) is 0 Å². The summed E-state index contributed by atoms with van der Waals surface area (Å²) >= 11 is 0. The summed E-state index contributed by atoms with van der Waals surface area (Å²) in [7, 11) is 5.69. The van der Waals surface area contributed by atoms with Crippen LogP contribution in [0.3, 0.4) is 0 Å². The van der Waals surface area contributed by atoms with E-state index in [0.29, 0.717) is 40.5 Å². The predicted molar refractivity (Wildman–Crippen MR) is 253 cm³/mol. The van der Waals surface area contributed by atoms with Crippen LogP contribution in [0.15, 0.2) is 97.3 Å². The predicted octanol–water partition coefficient (Wildman–Crippen LogP) is 8.97. The van der Waals surface area contributed by atoms with Gasteiger partial charge in [-0.15, -0.1) is 0 Å². The number of benzene rings is 4. The number of aromatic nitrogens is 4. The molecule has 2 aromatic heterocycles. The van der Waals surface area contributed by atoms with E-state index in [1.54, 1.807) is 103 Å². The van der Waals surface area contributed by atoms with Crippen LogP contribution in [0.5, 0.6) is 11.5 Å². The van der Waals surface area contributed by atoms with Gasteiger partial charge in [-0.2, -0.15) is 10.2 Å². The highest BCUT2D eigenvalue weighted by atomic mass is 16.6. The first kappa shape index (κ1) is 50.6. The second-order valence-corrected chi connectivity index (χ2v) is 16.9. The molecule has 0 unspecified atom stereocenters. The smallest absolute Gasteiger partial charge is 0.412 e. The van der Waals surface area contributed by atoms with Crippen molar-refractivity contribution in [3.8, 4) is 34.0 Å². The molecule has 4 aromatic carbocycles. The quantitative estimate of drug-likeness (QED) is 0.0423. The van der Waals surface area contributed by atoms with Crippen molar-refractivity contribution in [1.82, 2.24) is 19.6 Å². The van der Waals surface area contributed by atoms with Gasteiger partial charge < -0.3 is 34.2 Å². The molecule has 358 valence electrons. The number of hydrogen-bond donors (Lipinski definition) is 3. The summed E-state index contributed by atoms with van der Waals surface area (Å²) in [6.07, 6.45) is 1.27. The number of anilines is 3. The monoisotopic (exact) mass is 934 g/mol. The number of nitrogen functional groups attached to an aromatic ring is 1. The number of carbonyl (C=O) groups is 4. The van der Waals surface area contributed by atoms with Crippen LogP contribution >= 0.6 is 0 Å². The summed E-state index contributed by atoms with van der Waals surface area (Å²) in [6.45, 7) is 11.0. The number of amides is 2. The Kier molecular flexibility index (Phi) is 16.1. The van der Waals surface area contributed by atoms with Gasteiger partial charge in [0.1, 0.15) is 34.6 Å². The maximum Gasteiger partial charge on any atom is 0.412 e. The molecule has 20 heteroatoms. The van der Waals surface area contributed by atoms with Crippen LogP contribution in [0, 0.1) is 10.1 Å². The summed E-state index contributed by atoms with van der Waals surface area (Å²) in [4.78, 5) is 60.6. The van der Waals surface area contributed by atoms with E-state index in [9.17, 15) is 29.3 Å². The average Bonchev–Trinajstić information content (AvgIpc) is 3.87. The lowest BCUT2D eigenvalue weighted by Gasteiger charge is -2.21. The summed E-state index contributed by atoms with van der Waals surface area (Å²) in [5, 5.41) is 25.9. The Morgan fingerprint density at radius 1 is 0.618 bits per heavy atom. The fraction of sp³-hybridized carbons (Fsp3) is 0.292. The molecule has 68 heavy (non-hydrogen) atoms. The Morgan fingerprint density at radius 2 is 1.01 bits per heavy atom. The van der Waals surface area contributed by atoms with Crippen molar-refractivity contribution >= 4 is 46.9 Å². The van der Waals surface area contributed by atoms with Crippen LogP contribution in [0.4, 0.5) is 32.3 Å². The molecule has 0 spiro atoms. The van der Waals surface area contributed by atoms with Gasteiger partial charge in [-0.1, -0.05) is 24.3 Å². The van der Waals surface area contributed by atoms with Gasteiger partial charge in [0.05, 0.1) is 86.5 Å². The third kappa shape index (κ3) is 13.3. The normalized spacial score (nSPS) is 11.0. The van der Waals surface area contributed by atoms with E-state index in [0.717, 1.165) is 23.1 Å². The van der Waals surface area contributed by atoms with Gasteiger partial charge in [0.15, 0.2) is 0 Å². The molecule has 0 fully saturated rings. The number of nitrogens with zero attached hydrogens (tertiary/aromatic N) is 5. The molecule has 0 aliphatic heterocycles. The Morgan fingerprint density at radius 3 is 1.40 bits per heavy atom. The number of rotatable bonds is 13. The molecule has 0 saturated heterocycles. The number of methoxy groups -OCH3 is 4. The molecule has 0 atom stereocenters. The van der Waals surface area contributed by atoms with Crippen LogP contribution in [0.1, 0.15) is 73.4 Å². The molecule has 6 rings (SSSR count). The summed E-state index contributed by atoms with van der Waals surface area (Å²) in [5.41, 5.74) is 9.10. The molecular weight excluding hydrogens is 881 g/mol. The zero-order chi connectivity index (χ0) is 49.9. The van der Waals surface area contributed by atoms with Gasteiger partial charge in [0, 0.05) is 11.1 Å². The maximum atomic E-state index is 12.5. The van der Waals surface area contributed by atoms with E-state index < -0.39 is 40.3 Å². The molecule has 0 saturated carbocycles. The van der Waals surface area contributed by atoms with Crippen molar-refractivity contribution in [3.63, 3.8) is 0 Å². The van der Waals surface area contributed by atoms with Crippen LogP contribution in [-0.4, -0.2) is 88.3 Å². The lowest BCUT2D eigenvalue weighted by Crippen LogP contribution is -2.27. The van der Waals surface area contributed by atoms with E-state index in [4.69, 9.17) is 34.2 Å². The number of nitro groups is 1. The molecule has 20 nitrogen and oxygen atoms in total. The van der Waals surface area contributed by atoms with Gasteiger partial charge in [0.25, 0.3) is 0 Å².